The molecule has 4 aromatic carbocycles. The zero-order valence-corrected chi connectivity index (χ0v) is 18.3. The van der Waals surface area contributed by atoms with Gasteiger partial charge in [-0.15, -0.1) is 0 Å². The summed E-state index contributed by atoms with van der Waals surface area (Å²) in [5, 5.41) is 2.83. The number of hydrogen-bond acceptors (Lipinski definition) is 3. The van der Waals surface area contributed by atoms with E-state index in [1.54, 1.807) is 48.5 Å². The van der Waals surface area contributed by atoms with Crippen LogP contribution >= 0.6 is 0 Å². The zero-order chi connectivity index (χ0) is 22.6. The average Bonchev–Trinajstić information content (AvgIpc) is 2.80. The third-order valence-corrected chi connectivity index (χ3v) is 6.34. The number of carbonyl (C=O) groups excluding carboxylic acids is 1. The molecular weight excluding hydrogens is 420 g/mol. The van der Waals surface area contributed by atoms with Crippen molar-refractivity contribution < 1.29 is 13.2 Å². The maximum atomic E-state index is 12.8. The molecule has 0 unspecified atom stereocenters. The highest BCUT2D eigenvalue weighted by Crippen LogP contribution is 2.23. The second-order valence-electron chi connectivity index (χ2n) is 7.40. The Balaban J connectivity index is 1.45. The van der Waals surface area contributed by atoms with Crippen LogP contribution in [0.3, 0.4) is 0 Å². The second kappa shape index (κ2) is 9.08. The van der Waals surface area contributed by atoms with Crippen molar-refractivity contribution in [2.75, 3.05) is 10.0 Å². The summed E-state index contributed by atoms with van der Waals surface area (Å²) >= 11 is 0. The lowest BCUT2D eigenvalue weighted by Gasteiger charge is -2.10. The molecule has 0 heterocycles. The lowest BCUT2D eigenvalue weighted by molar-refractivity contribution is 0.102. The van der Waals surface area contributed by atoms with E-state index in [1.165, 1.54) is 0 Å². The first-order valence-corrected chi connectivity index (χ1v) is 11.6. The Morgan fingerprint density at radius 1 is 0.688 bits per heavy atom. The molecule has 0 spiro atoms. The number of nitrogens with one attached hydrogen (secondary N) is 2. The molecule has 2 N–H and O–H groups in total. The molecule has 0 radical (unpaired) electrons. The number of anilines is 2. The molecule has 0 aliphatic rings. The minimum Gasteiger partial charge on any atom is -0.322 e. The molecule has 6 heteroatoms. The monoisotopic (exact) mass is 442 g/mol. The minimum atomic E-state index is -3.75. The smallest absolute Gasteiger partial charge is 0.261 e. The van der Waals surface area contributed by atoms with Gasteiger partial charge in [0.05, 0.1) is 4.90 Å². The number of sulfonamides is 1. The average molecular weight is 443 g/mol. The maximum absolute atomic E-state index is 12.8. The summed E-state index contributed by atoms with van der Waals surface area (Å²) in [5.74, 6) is -0.262. The van der Waals surface area contributed by atoms with Crippen molar-refractivity contribution in [3.63, 3.8) is 0 Å². The first kappa shape index (κ1) is 21.3. The third kappa shape index (κ3) is 5.04. The molecule has 160 valence electrons. The van der Waals surface area contributed by atoms with Gasteiger partial charge in [-0.25, -0.2) is 8.42 Å². The highest BCUT2D eigenvalue weighted by molar-refractivity contribution is 7.92. The summed E-state index contributed by atoms with van der Waals surface area (Å²) in [6, 6.07) is 30.3. The van der Waals surface area contributed by atoms with Crippen LogP contribution in [0.5, 0.6) is 0 Å². The first-order chi connectivity index (χ1) is 15.4. The number of amides is 1. The van der Waals surface area contributed by atoms with E-state index in [4.69, 9.17) is 0 Å². The predicted octanol–water partition coefficient (Wildman–Crippen LogP) is 5.72. The fraction of sp³-hybridized carbons (Fsp3) is 0.0385. The minimum absolute atomic E-state index is 0.165. The number of benzene rings is 4. The van der Waals surface area contributed by atoms with Gasteiger partial charge >= 0.3 is 0 Å². The maximum Gasteiger partial charge on any atom is 0.261 e. The van der Waals surface area contributed by atoms with Gasteiger partial charge in [-0.05, 0) is 72.1 Å². The molecule has 0 aromatic heterocycles. The van der Waals surface area contributed by atoms with Crippen LogP contribution in [0.15, 0.2) is 108 Å². The van der Waals surface area contributed by atoms with Crippen LogP contribution in [-0.2, 0) is 10.0 Å². The lowest BCUT2D eigenvalue weighted by Crippen LogP contribution is -2.14. The summed E-state index contributed by atoms with van der Waals surface area (Å²) in [6.45, 7) is 1.95. The van der Waals surface area contributed by atoms with E-state index in [0.717, 1.165) is 16.7 Å². The second-order valence-corrected chi connectivity index (χ2v) is 9.08. The van der Waals surface area contributed by atoms with Crippen LogP contribution in [0.2, 0.25) is 0 Å². The molecule has 0 aliphatic carbocycles. The van der Waals surface area contributed by atoms with Gasteiger partial charge < -0.3 is 5.32 Å². The summed E-state index contributed by atoms with van der Waals surface area (Å²) in [7, 11) is -3.75. The number of carbonyl (C=O) groups is 1. The summed E-state index contributed by atoms with van der Waals surface area (Å²) in [4.78, 5) is 12.6. The highest BCUT2D eigenvalue weighted by atomic mass is 32.2. The van der Waals surface area contributed by atoms with Crippen molar-refractivity contribution in [3.8, 4) is 11.1 Å². The normalized spacial score (nSPS) is 11.0. The number of aryl methyl sites for hydroxylation is 1. The van der Waals surface area contributed by atoms with E-state index in [2.05, 4.69) is 10.0 Å². The molecule has 0 saturated heterocycles. The van der Waals surface area contributed by atoms with E-state index in [9.17, 15) is 13.2 Å². The van der Waals surface area contributed by atoms with Gasteiger partial charge in [0.25, 0.3) is 15.9 Å². The largest absolute Gasteiger partial charge is 0.322 e. The van der Waals surface area contributed by atoms with Crippen molar-refractivity contribution in [3.05, 3.63) is 114 Å². The third-order valence-electron chi connectivity index (χ3n) is 4.95. The number of hydrogen-bond donors (Lipinski definition) is 2. The van der Waals surface area contributed by atoms with Crippen LogP contribution in [0.4, 0.5) is 11.4 Å². The Morgan fingerprint density at radius 2 is 1.34 bits per heavy atom. The standard InChI is InChI=1S/C26H22N2O3S/c1-19-6-5-9-24(18-19)27-26(29)22-10-14-23(15-11-22)28-32(30,31)25-16-12-21(13-17-25)20-7-3-2-4-8-20/h2-18,28H,1H3,(H,27,29). The molecule has 0 bridgehead atoms. The first-order valence-electron chi connectivity index (χ1n) is 10.1. The molecule has 0 atom stereocenters. The molecule has 0 aliphatic heterocycles. The van der Waals surface area contributed by atoms with E-state index < -0.39 is 10.0 Å². The van der Waals surface area contributed by atoms with Gasteiger partial charge in [0.2, 0.25) is 0 Å². The molecule has 4 aromatic rings. The Labute approximate surface area is 187 Å². The summed E-state index contributed by atoms with van der Waals surface area (Å²) in [5.41, 5.74) is 4.52. The SMILES string of the molecule is Cc1cccc(NC(=O)c2ccc(NS(=O)(=O)c3ccc(-c4ccccc4)cc3)cc2)c1. The predicted molar refractivity (Wildman–Crippen MR) is 128 cm³/mol. The summed E-state index contributed by atoms with van der Waals surface area (Å²) in [6.07, 6.45) is 0. The molecule has 32 heavy (non-hydrogen) atoms. The van der Waals surface area contributed by atoms with Crippen molar-refractivity contribution >= 4 is 27.3 Å². The van der Waals surface area contributed by atoms with Crippen LogP contribution in [0.25, 0.3) is 11.1 Å². The van der Waals surface area contributed by atoms with Gasteiger partial charge in [0.1, 0.15) is 0 Å². The van der Waals surface area contributed by atoms with Gasteiger partial charge in [-0.3, -0.25) is 9.52 Å². The Morgan fingerprint density at radius 3 is 2.00 bits per heavy atom. The van der Waals surface area contributed by atoms with Gasteiger partial charge in [0.15, 0.2) is 0 Å². The lowest BCUT2D eigenvalue weighted by atomic mass is 10.1. The molecule has 0 fully saturated rings. The highest BCUT2D eigenvalue weighted by Gasteiger charge is 2.15. The molecule has 0 saturated carbocycles. The topological polar surface area (TPSA) is 75.3 Å². The Kier molecular flexibility index (Phi) is 6.05. The van der Waals surface area contributed by atoms with Crippen molar-refractivity contribution in [1.82, 2.24) is 0 Å². The van der Waals surface area contributed by atoms with Crippen molar-refractivity contribution in [2.24, 2.45) is 0 Å². The zero-order valence-electron chi connectivity index (χ0n) is 17.4. The van der Waals surface area contributed by atoms with Crippen LogP contribution in [-0.4, -0.2) is 14.3 Å². The van der Waals surface area contributed by atoms with Gasteiger partial charge in [-0.1, -0.05) is 54.6 Å². The summed E-state index contributed by atoms with van der Waals surface area (Å²) < 4.78 is 28.1. The van der Waals surface area contributed by atoms with Gasteiger partial charge in [-0.2, -0.15) is 0 Å². The molecule has 4 rings (SSSR count). The van der Waals surface area contributed by atoms with Gasteiger partial charge in [0, 0.05) is 16.9 Å². The van der Waals surface area contributed by atoms with Crippen LogP contribution < -0.4 is 10.0 Å². The fourth-order valence-electron chi connectivity index (χ4n) is 3.29. The van der Waals surface area contributed by atoms with E-state index >= 15 is 0 Å². The van der Waals surface area contributed by atoms with Crippen molar-refractivity contribution in [2.45, 2.75) is 11.8 Å². The number of rotatable bonds is 6. The van der Waals surface area contributed by atoms with Crippen LogP contribution in [0, 0.1) is 6.92 Å². The fourth-order valence-corrected chi connectivity index (χ4v) is 4.35. The quantitative estimate of drug-likeness (QED) is 0.401. The van der Waals surface area contributed by atoms with Crippen LogP contribution in [0.1, 0.15) is 15.9 Å². The molecule has 1 amide bonds. The molecular formula is C26H22N2O3S. The molecule has 5 nitrogen and oxygen atoms in total. The van der Waals surface area contributed by atoms with Crippen molar-refractivity contribution in [1.29, 1.82) is 0 Å². The Bertz CT molecular complexity index is 1330. The van der Waals surface area contributed by atoms with E-state index in [-0.39, 0.29) is 10.8 Å². The Hall–Kier alpha value is -3.90. The van der Waals surface area contributed by atoms with E-state index in [0.29, 0.717) is 16.9 Å². The van der Waals surface area contributed by atoms with E-state index in [1.807, 2.05) is 61.5 Å².